The molecule has 1 fully saturated rings. The highest BCUT2D eigenvalue weighted by Crippen LogP contribution is 2.33. The normalized spacial score (nSPS) is 15.5. The summed E-state index contributed by atoms with van der Waals surface area (Å²) in [7, 11) is 0. The molecule has 3 nitrogen and oxygen atoms in total. The molecule has 0 N–H and O–H groups in total. The van der Waals surface area contributed by atoms with Gasteiger partial charge in [0, 0.05) is 16.4 Å². The molecule has 4 heteroatoms. The molecule has 1 saturated carbocycles. The van der Waals surface area contributed by atoms with Crippen LogP contribution in [0, 0.1) is 5.92 Å². The molecule has 2 rings (SSSR count). The first-order valence-corrected chi connectivity index (χ1v) is 8.51. The van der Waals surface area contributed by atoms with Crippen molar-refractivity contribution in [3.05, 3.63) is 29.8 Å². The third-order valence-electron chi connectivity index (χ3n) is 3.45. The maximum Gasteiger partial charge on any atom is 0.319 e. The maximum atomic E-state index is 11.9. The lowest BCUT2D eigenvalue weighted by atomic mass is 10.1. The van der Waals surface area contributed by atoms with Crippen molar-refractivity contribution < 1.29 is 14.3 Å². The molecule has 0 aliphatic heterocycles. The van der Waals surface area contributed by atoms with Crippen molar-refractivity contribution in [1.29, 1.82) is 0 Å². The minimum atomic E-state index is -0.179. The van der Waals surface area contributed by atoms with Gasteiger partial charge in [-0.2, -0.15) is 0 Å². The Bertz CT molecular complexity index is 491. The van der Waals surface area contributed by atoms with Gasteiger partial charge in [0.25, 0.3) is 0 Å². The summed E-state index contributed by atoms with van der Waals surface area (Å²) >= 11 is 1.51. The van der Waals surface area contributed by atoms with Crippen LogP contribution in [0.1, 0.15) is 49.9 Å². The number of ether oxygens (including phenoxy) is 1. The molecule has 1 aromatic carbocycles. The number of hydrogen-bond acceptors (Lipinski definition) is 4. The van der Waals surface area contributed by atoms with Gasteiger partial charge in [-0.1, -0.05) is 26.0 Å². The van der Waals surface area contributed by atoms with Gasteiger partial charge in [0.15, 0.2) is 5.78 Å². The summed E-state index contributed by atoms with van der Waals surface area (Å²) in [6.45, 7) is 4.44. The van der Waals surface area contributed by atoms with Crippen LogP contribution in [0.4, 0.5) is 0 Å². The van der Waals surface area contributed by atoms with Crippen LogP contribution < -0.4 is 0 Å². The van der Waals surface area contributed by atoms with Crippen LogP contribution >= 0.6 is 11.8 Å². The van der Waals surface area contributed by atoms with E-state index in [2.05, 4.69) is 0 Å². The van der Waals surface area contributed by atoms with Gasteiger partial charge in [0.2, 0.25) is 0 Å². The van der Waals surface area contributed by atoms with Gasteiger partial charge in [-0.05, 0) is 37.8 Å². The summed E-state index contributed by atoms with van der Waals surface area (Å²) in [5, 5.41) is -0.179. The average Bonchev–Trinajstić information content (AvgIpc) is 3.35. The molecule has 0 heterocycles. The highest BCUT2D eigenvalue weighted by Gasteiger charge is 2.30. The summed E-state index contributed by atoms with van der Waals surface area (Å²) in [6, 6.07) is 7.59. The van der Waals surface area contributed by atoms with E-state index in [1.54, 1.807) is 0 Å². The van der Waals surface area contributed by atoms with E-state index < -0.39 is 0 Å². The number of hydrogen-bond donors (Lipinski definition) is 0. The number of carbonyl (C=O) groups excluding carboxylic acids is 2. The summed E-state index contributed by atoms with van der Waals surface area (Å²) in [4.78, 5) is 24.9. The van der Waals surface area contributed by atoms with E-state index in [4.69, 9.17) is 4.74 Å². The zero-order valence-corrected chi connectivity index (χ0v) is 13.4. The molecule has 0 spiro atoms. The molecule has 1 aliphatic rings. The Morgan fingerprint density at radius 3 is 2.43 bits per heavy atom. The highest BCUT2D eigenvalue weighted by atomic mass is 32.2. The minimum Gasteiger partial charge on any atom is -0.465 e. The van der Waals surface area contributed by atoms with Crippen molar-refractivity contribution in [2.75, 3.05) is 6.61 Å². The molecule has 0 bridgehead atoms. The third-order valence-corrected chi connectivity index (χ3v) is 4.80. The summed E-state index contributed by atoms with van der Waals surface area (Å²) < 4.78 is 5.20. The van der Waals surface area contributed by atoms with E-state index in [1.807, 2.05) is 38.1 Å². The van der Waals surface area contributed by atoms with Crippen molar-refractivity contribution in [3.63, 3.8) is 0 Å². The van der Waals surface area contributed by atoms with Gasteiger partial charge < -0.3 is 4.74 Å². The molecule has 1 unspecified atom stereocenters. The topological polar surface area (TPSA) is 43.4 Å². The Morgan fingerprint density at radius 1 is 1.24 bits per heavy atom. The van der Waals surface area contributed by atoms with E-state index in [0.29, 0.717) is 6.61 Å². The SMILES string of the molecule is CCCOC(=O)C(CC)Sc1ccc(C(=O)C2CC2)cc1. The Morgan fingerprint density at radius 2 is 1.90 bits per heavy atom. The second-order valence-corrected chi connectivity index (χ2v) is 6.62. The highest BCUT2D eigenvalue weighted by molar-refractivity contribution is 8.00. The molecule has 1 aliphatic carbocycles. The number of esters is 1. The Labute approximate surface area is 130 Å². The molecular weight excluding hydrogens is 284 g/mol. The Kier molecular flexibility index (Phi) is 5.85. The zero-order valence-electron chi connectivity index (χ0n) is 12.6. The summed E-state index contributed by atoms with van der Waals surface area (Å²) in [5.74, 6) is 0.347. The van der Waals surface area contributed by atoms with Gasteiger partial charge >= 0.3 is 5.97 Å². The lowest BCUT2D eigenvalue weighted by Gasteiger charge is -2.13. The smallest absolute Gasteiger partial charge is 0.319 e. The molecule has 114 valence electrons. The van der Waals surface area contributed by atoms with Crippen LogP contribution in [-0.4, -0.2) is 23.6 Å². The predicted octanol–water partition coefficient (Wildman–Crippen LogP) is 4.10. The molecule has 21 heavy (non-hydrogen) atoms. The fourth-order valence-corrected chi connectivity index (χ4v) is 2.99. The fourth-order valence-electron chi connectivity index (χ4n) is 2.04. The van der Waals surface area contributed by atoms with Crippen molar-refractivity contribution in [2.45, 2.75) is 49.7 Å². The summed E-state index contributed by atoms with van der Waals surface area (Å²) in [5.41, 5.74) is 0.781. The van der Waals surface area contributed by atoms with Crippen molar-refractivity contribution in [3.8, 4) is 0 Å². The van der Waals surface area contributed by atoms with Crippen molar-refractivity contribution in [1.82, 2.24) is 0 Å². The van der Waals surface area contributed by atoms with Gasteiger partial charge in [-0.15, -0.1) is 11.8 Å². The number of benzene rings is 1. The standard InChI is InChI=1S/C17H22O3S/c1-3-11-20-17(19)15(4-2)21-14-9-7-13(8-10-14)16(18)12-5-6-12/h7-10,12,15H,3-6,11H2,1-2H3. The molecule has 0 aromatic heterocycles. The molecule has 1 aromatic rings. The number of carbonyl (C=O) groups is 2. The van der Waals surface area contributed by atoms with E-state index in [0.717, 1.165) is 36.1 Å². The number of Topliss-reactive ketones (excluding diaryl/α,β-unsaturated/α-hetero) is 1. The van der Waals surface area contributed by atoms with Crippen LogP contribution in [0.3, 0.4) is 0 Å². The fraction of sp³-hybridized carbons (Fsp3) is 0.529. The van der Waals surface area contributed by atoms with E-state index in [9.17, 15) is 9.59 Å². The molecular formula is C17H22O3S. The van der Waals surface area contributed by atoms with Gasteiger partial charge in [-0.25, -0.2) is 0 Å². The van der Waals surface area contributed by atoms with Crippen LogP contribution in [0.5, 0.6) is 0 Å². The molecule has 1 atom stereocenters. The van der Waals surface area contributed by atoms with Crippen molar-refractivity contribution >= 4 is 23.5 Å². The maximum absolute atomic E-state index is 11.9. The molecule has 0 radical (unpaired) electrons. The van der Waals surface area contributed by atoms with Crippen LogP contribution in [0.25, 0.3) is 0 Å². The zero-order chi connectivity index (χ0) is 15.2. The number of thioether (sulfide) groups is 1. The average molecular weight is 306 g/mol. The monoisotopic (exact) mass is 306 g/mol. The van der Waals surface area contributed by atoms with Crippen LogP contribution in [0.15, 0.2) is 29.2 Å². The van der Waals surface area contributed by atoms with Crippen LogP contribution in [0.2, 0.25) is 0 Å². The minimum absolute atomic E-state index is 0.150. The number of ketones is 1. The molecule has 0 amide bonds. The third kappa shape index (κ3) is 4.60. The van der Waals surface area contributed by atoms with E-state index in [-0.39, 0.29) is 22.9 Å². The second kappa shape index (κ2) is 7.64. The summed E-state index contributed by atoms with van der Waals surface area (Å²) in [6.07, 6.45) is 3.62. The lowest BCUT2D eigenvalue weighted by Crippen LogP contribution is -2.19. The lowest BCUT2D eigenvalue weighted by molar-refractivity contribution is -0.143. The first kappa shape index (κ1) is 16.1. The predicted molar refractivity (Wildman–Crippen MR) is 84.7 cm³/mol. The molecule has 0 saturated heterocycles. The Balaban J connectivity index is 1.94. The van der Waals surface area contributed by atoms with Crippen LogP contribution in [-0.2, 0) is 9.53 Å². The van der Waals surface area contributed by atoms with Gasteiger partial charge in [0.1, 0.15) is 5.25 Å². The Hall–Kier alpha value is -1.29. The quantitative estimate of drug-likeness (QED) is 0.412. The largest absolute Gasteiger partial charge is 0.465 e. The second-order valence-electron chi connectivity index (χ2n) is 5.35. The van der Waals surface area contributed by atoms with Gasteiger partial charge in [0.05, 0.1) is 6.61 Å². The first-order chi connectivity index (χ1) is 10.2. The van der Waals surface area contributed by atoms with Gasteiger partial charge in [-0.3, -0.25) is 9.59 Å². The number of rotatable bonds is 8. The van der Waals surface area contributed by atoms with E-state index in [1.165, 1.54) is 11.8 Å². The first-order valence-electron chi connectivity index (χ1n) is 7.63. The van der Waals surface area contributed by atoms with E-state index >= 15 is 0 Å². The van der Waals surface area contributed by atoms with Crippen molar-refractivity contribution in [2.24, 2.45) is 5.92 Å².